The highest BCUT2D eigenvalue weighted by molar-refractivity contribution is 6.43. The second-order valence-electron chi connectivity index (χ2n) is 4.15. The Bertz CT molecular complexity index is 758. The fraction of sp³-hybridized carbons (Fsp3) is 0.0833. The summed E-state index contributed by atoms with van der Waals surface area (Å²) in [6.45, 7) is 1.62. The first-order chi connectivity index (χ1) is 10.4. The number of carbonyl (C=O) groups excluding carboxylic acids is 2. The van der Waals surface area contributed by atoms with Gasteiger partial charge in [-0.3, -0.25) is 25.0 Å². The maximum Gasteiger partial charge on any atom is 0.315 e. The molecule has 0 aliphatic heterocycles. The third-order valence-corrected chi connectivity index (χ3v) is 2.80. The van der Waals surface area contributed by atoms with E-state index in [1.54, 1.807) is 6.92 Å². The van der Waals surface area contributed by atoms with Gasteiger partial charge in [0.2, 0.25) is 0 Å². The first-order valence-corrected chi connectivity index (χ1v) is 6.24. The monoisotopic (exact) mass is 324 g/mol. The molecule has 0 atom stereocenters. The van der Waals surface area contributed by atoms with Crippen molar-refractivity contribution in [3.8, 4) is 0 Å². The van der Waals surface area contributed by atoms with Gasteiger partial charge in [0.05, 0.1) is 4.92 Å². The number of anilines is 2. The summed E-state index contributed by atoms with van der Waals surface area (Å²) in [6, 6.07) is 5.06. The van der Waals surface area contributed by atoms with Crippen LogP contribution in [-0.4, -0.2) is 21.9 Å². The van der Waals surface area contributed by atoms with Crippen LogP contribution in [0.15, 0.2) is 28.8 Å². The minimum atomic E-state index is -1.02. The van der Waals surface area contributed by atoms with E-state index in [4.69, 9.17) is 16.1 Å². The van der Waals surface area contributed by atoms with Crippen LogP contribution in [0.1, 0.15) is 5.76 Å². The number of nitro groups is 1. The van der Waals surface area contributed by atoms with Gasteiger partial charge in [0.15, 0.2) is 5.82 Å². The van der Waals surface area contributed by atoms with E-state index in [0.717, 1.165) is 6.07 Å². The summed E-state index contributed by atoms with van der Waals surface area (Å²) in [5.74, 6) is -1.47. The van der Waals surface area contributed by atoms with E-state index < -0.39 is 16.7 Å². The predicted octanol–water partition coefficient (Wildman–Crippen LogP) is 2.12. The van der Waals surface area contributed by atoms with E-state index in [9.17, 15) is 19.7 Å². The van der Waals surface area contributed by atoms with E-state index in [2.05, 4.69) is 15.8 Å². The number of benzene rings is 1. The van der Waals surface area contributed by atoms with Crippen molar-refractivity contribution < 1.29 is 19.0 Å². The number of halogens is 1. The van der Waals surface area contributed by atoms with Gasteiger partial charge in [0.25, 0.3) is 5.69 Å². The van der Waals surface area contributed by atoms with Crippen molar-refractivity contribution in [2.45, 2.75) is 6.92 Å². The molecule has 0 bridgehead atoms. The molecule has 0 saturated carbocycles. The molecule has 0 spiro atoms. The number of amides is 2. The molecule has 1 aromatic heterocycles. The Hall–Kier alpha value is -2.94. The maximum atomic E-state index is 11.7. The Morgan fingerprint density at radius 1 is 1.27 bits per heavy atom. The minimum Gasteiger partial charge on any atom is -0.360 e. The van der Waals surface area contributed by atoms with Gasteiger partial charge in [-0.25, -0.2) is 0 Å². The largest absolute Gasteiger partial charge is 0.360 e. The van der Waals surface area contributed by atoms with E-state index in [-0.39, 0.29) is 22.2 Å². The smallest absolute Gasteiger partial charge is 0.315 e. The molecule has 1 heterocycles. The summed E-state index contributed by atoms with van der Waals surface area (Å²) in [5.41, 5.74) is -0.320. The maximum absolute atomic E-state index is 11.7. The van der Waals surface area contributed by atoms with Crippen LogP contribution in [0.5, 0.6) is 0 Å². The van der Waals surface area contributed by atoms with Crippen molar-refractivity contribution in [2.75, 3.05) is 10.6 Å². The molecule has 2 N–H and O–H groups in total. The van der Waals surface area contributed by atoms with E-state index in [1.165, 1.54) is 18.2 Å². The fourth-order valence-electron chi connectivity index (χ4n) is 1.52. The van der Waals surface area contributed by atoms with Crippen molar-refractivity contribution in [3.63, 3.8) is 0 Å². The number of aromatic nitrogens is 1. The summed E-state index contributed by atoms with van der Waals surface area (Å²) in [6.07, 6.45) is 0. The lowest BCUT2D eigenvalue weighted by Crippen LogP contribution is -2.29. The number of carbonyl (C=O) groups is 2. The number of nitro benzene ring substituents is 1. The Kier molecular flexibility index (Phi) is 4.37. The number of aryl methyl sites for hydroxylation is 1. The SMILES string of the molecule is Cc1cc(NC(=O)C(=O)Nc2ccc(Cl)c([N+](=O)[O-])c2)no1. The van der Waals surface area contributed by atoms with E-state index >= 15 is 0 Å². The molecule has 0 radical (unpaired) electrons. The molecule has 9 nitrogen and oxygen atoms in total. The zero-order chi connectivity index (χ0) is 16.3. The molecule has 1 aromatic carbocycles. The summed E-state index contributed by atoms with van der Waals surface area (Å²) in [4.78, 5) is 33.4. The molecule has 0 unspecified atom stereocenters. The number of rotatable bonds is 3. The first-order valence-electron chi connectivity index (χ1n) is 5.86. The van der Waals surface area contributed by atoms with E-state index in [1.807, 2.05) is 0 Å². The van der Waals surface area contributed by atoms with Crippen LogP contribution < -0.4 is 10.6 Å². The van der Waals surface area contributed by atoms with Crippen LogP contribution in [-0.2, 0) is 9.59 Å². The van der Waals surface area contributed by atoms with Crippen LogP contribution in [0.2, 0.25) is 5.02 Å². The molecule has 2 amide bonds. The Labute approximate surface area is 128 Å². The number of hydrogen-bond donors (Lipinski definition) is 2. The summed E-state index contributed by atoms with van der Waals surface area (Å²) >= 11 is 5.65. The fourth-order valence-corrected chi connectivity index (χ4v) is 1.70. The Morgan fingerprint density at radius 2 is 1.95 bits per heavy atom. The number of nitrogens with one attached hydrogen (secondary N) is 2. The highest BCUT2D eigenvalue weighted by atomic mass is 35.5. The van der Waals surface area contributed by atoms with Gasteiger partial charge in [-0.05, 0) is 19.1 Å². The van der Waals surface area contributed by atoms with Gasteiger partial charge in [-0.15, -0.1) is 0 Å². The van der Waals surface area contributed by atoms with Crippen molar-refractivity contribution in [2.24, 2.45) is 0 Å². The Balaban J connectivity index is 2.06. The Morgan fingerprint density at radius 3 is 2.55 bits per heavy atom. The van der Waals surface area contributed by atoms with Crippen LogP contribution in [0.4, 0.5) is 17.2 Å². The summed E-state index contributed by atoms with van der Waals surface area (Å²) in [5, 5.41) is 18.6. The first kappa shape index (κ1) is 15.4. The zero-order valence-electron chi connectivity index (χ0n) is 11.1. The zero-order valence-corrected chi connectivity index (χ0v) is 11.9. The molecule has 10 heteroatoms. The molecule has 22 heavy (non-hydrogen) atoms. The highest BCUT2D eigenvalue weighted by Gasteiger charge is 2.18. The van der Waals surface area contributed by atoms with E-state index in [0.29, 0.717) is 5.76 Å². The highest BCUT2D eigenvalue weighted by Crippen LogP contribution is 2.27. The van der Waals surface area contributed by atoms with Crippen LogP contribution in [0.25, 0.3) is 0 Å². The standard InChI is InChI=1S/C12H9ClN4O5/c1-6-4-10(16-22-6)15-12(19)11(18)14-7-2-3-8(13)9(5-7)17(20)21/h2-5H,1H3,(H,14,18)(H,15,16,19). The minimum absolute atomic E-state index is 0.0626. The van der Waals surface area contributed by atoms with Crippen LogP contribution >= 0.6 is 11.6 Å². The molecule has 2 aromatic rings. The lowest BCUT2D eigenvalue weighted by molar-refractivity contribution is -0.384. The van der Waals surface area contributed by atoms with Gasteiger partial charge in [-0.2, -0.15) is 0 Å². The average Bonchev–Trinajstić information content (AvgIpc) is 2.85. The quantitative estimate of drug-likeness (QED) is 0.505. The van der Waals surface area contributed by atoms with Crippen molar-refractivity contribution in [3.05, 3.63) is 45.2 Å². The molecular weight excluding hydrogens is 316 g/mol. The third-order valence-electron chi connectivity index (χ3n) is 2.48. The predicted molar refractivity (Wildman–Crippen MR) is 76.6 cm³/mol. The molecular formula is C12H9ClN4O5. The second-order valence-corrected chi connectivity index (χ2v) is 4.56. The van der Waals surface area contributed by atoms with Crippen LogP contribution in [0, 0.1) is 17.0 Å². The normalized spacial score (nSPS) is 10.1. The van der Waals surface area contributed by atoms with Gasteiger partial charge >= 0.3 is 11.8 Å². The molecule has 0 fully saturated rings. The second kappa shape index (κ2) is 6.22. The summed E-state index contributed by atoms with van der Waals surface area (Å²) < 4.78 is 4.73. The van der Waals surface area contributed by atoms with Gasteiger partial charge < -0.3 is 9.84 Å². The van der Waals surface area contributed by atoms with Crippen LogP contribution in [0.3, 0.4) is 0 Å². The number of nitrogens with zero attached hydrogens (tertiary/aromatic N) is 2. The molecule has 0 aliphatic carbocycles. The molecule has 2 rings (SSSR count). The molecule has 0 aliphatic rings. The molecule has 0 saturated heterocycles. The van der Waals surface area contributed by atoms with Gasteiger partial charge in [0.1, 0.15) is 10.8 Å². The van der Waals surface area contributed by atoms with Crippen molar-refractivity contribution in [1.29, 1.82) is 0 Å². The van der Waals surface area contributed by atoms with Crippen molar-refractivity contribution >= 4 is 40.6 Å². The topological polar surface area (TPSA) is 127 Å². The number of hydrogen-bond acceptors (Lipinski definition) is 6. The summed E-state index contributed by atoms with van der Waals surface area (Å²) in [7, 11) is 0. The average molecular weight is 325 g/mol. The lowest BCUT2D eigenvalue weighted by Gasteiger charge is -2.05. The third kappa shape index (κ3) is 3.58. The van der Waals surface area contributed by atoms with Gasteiger partial charge in [0, 0.05) is 17.8 Å². The van der Waals surface area contributed by atoms with Gasteiger partial charge in [-0.1, -0.05) is 16.8 Å². The lowest BCUT2D eigenvalue weighted by atomic mass is 10.2. The van der Waals surface area contributed by atoms with Crippen molar-refractivity contribution in [1.82, 2.24) is 5.16 Å². The molecule has 114 valence electrons.